The number of rotatable bonds is 3. The largest absolute Gasteiger partial charge is 0.416 e. The van der Waals surface area contributed by atoms with E-state index in [2.05, 4.69) is 20.5 Å². The summed E-state index contributed by atoms with van der Waals surface area (Å²) in [6.07, 6.45) is -1.32. The minimum Gasteiger partial charge on any atom is -0.336 e. The third-order valence-electron chi connectivity index (χ3n) is 4.44. The Bertz CT molecular complexity index is 1180. The number of hydrogen-bond donors (Lipinski definition) is 1. The van der Waals surface area contributed by atoms with Crippen molar-refractivity contribution in [1.29, 1.82) is 0 Å². The fourth-order valence-corrected chi connectivity index (χ4v) is 2.99. The molecular formula is C21H14F4N4. The molecule has 0 saturated carbocycles. The highest BCUT2D eigenvalue weighted by Gasteiger charge is 2.30. The van der Waals surface area contributed by atoms with Gasteiger partial charge in [0.25, 0.3) is 0 Å². The van der Waals surface area contributed by atoms with Crippen LogP contribution in [0.1, 0.15) is 11.3 Å². The van der Waals surface area contributed by atoms with Crippen molar-refractivity contribution in [3.05, 3.63) is 78.0 Å². The van der Waals surface area contributed by atoms with Gasteiger partial charge in [-0.3, -0.25) is 4.98 Å². The zero-order chi connectivity index (χ0) is 20.6. The Morgan fingerprint density at radius 1 is 0.897 bits per heavy atom. The number of nitrogens with one attached hydrogen (secondary N) is 1. The van der Waals surface area contributed by atoms with E-state index < -0.39 is 17.6 Å². The van der Waals surface area contributed by atoms with E-state index in [9.17, 15) is 17.6 Å². The lowest BCUT2D eigenvalue weighted by Gasteiger charge is -2.12. The van der Waals surface area contributed by atoms with Gasteiger partial charge in [0.15, 0.2) is 5.82 Å². The van der Waals surface area contributed by atoms with Crippen molar-refractivity contribution in [1.82, 2.24) is 15.2 Å². The van der Waals surface area contributed by atoms with Gasteiger partial charge in [-0.25, -0.2) is 4.39 Å². The van der Waals surface area contributed by atoms with E-state index >= 15 is 0 Å². The number of halogens is 4. The van der Waals surface area contributed by atoms with Gasteiger partial charge in [-0.2, -0.15) is 18.3 Å². The minimum absolute atomic E-state index is 0.229. The van der Waals surface area contributed by atoms with Crippen LogP contribution >= 0.6 is 0 Å². The number of aromatic nitrogens is 3. The molecule has 4 aromatic rings. The summed E-state index contributed by atoms with van der Waals surface area (Å²) in [7, 11) is 0. The van der Waals surface area contributed by atoms with Crippen LogP contribution in [0.5, 0.6) is 0 Å². The van der Waals surface area contributed by atoms with Crippen LogP contribution in [0.2, 0.25) is 0 Å². The number of alkyl halides is 3. The first kappa shape index (κ1) is 18.8. The molecule has 0 spiro atoms. The number of benzene rings is 2. The maximum Gasteiger partial charge on any atom is 0.416 e. The molecule has 0 amide bonds. The molecule has 0 atom stereocenters. The van der Waals surface area contributed by atoms with Crippen LogP contribution in [0.15, 0.2) is 60.9 Å². The molecule has 0 aliphatic carbocycles. The summed E-state index contributed by atoms with van der Waals surface area (Å²) in [6, 6.07) is 11.0. The third kappa shape index (κ3) is 3.87. The monoisotopic (exact) mass is 398 g/mol. The Morgan fingerprint density at radius 2 is 1.66 bits per heavy atom. The smallest absolute Gasteiger partial charge is 0.336 e. The second kappa shape index (κ2) is 7.12. The summed E-state index contributed by atoms with van der Waals surface area (Å²) in [6.45, 7) is 1.80. The van der Waals surface area contributed by atoms with Gasteiger partial charge >= 0.3 is 6.18 Å². The molecule has 8 heteroatoms. The highest BCUT2D eigenvalue weighted by Crippen LogP contribution is 2.32. The van der Waals surface area contributed by atoms with Crippen LogP contribution in [0.25, 0.3) is 21.9 Å². The fraction of sp³-hybridized carbons (Fsp3) is 0.0952. The molecule has 0 bridgehead atoms. The van der Waals surface area contributed by atoms with Crippen molar-refractivity contribution >= 4 is 22.3 Å². The van der Waals surface area contributed by atoms with Crippen molar-refractivity contribution in [3.63, 3.8) is 0 Å². The highest BCUT2D eigenvalue weighted by molar-refractivity contribution is 5.95. The number of fused-ring (bicyclic) bond motifs is 1. The average molecular weight is 398 g/mol. The zero-order valence-corrected chi connectivity index (χ0v) is 15.1. The van der Waals surface area contributed by atoms with Gasteiger partial charge in [-0.15, -0.1) is 5.10 Å². The number of pyridine rings is 1. The maximum atomic E-state index is 14.5. The molecule has 29 heavy (non-hydrogen) atoms. The predicted molar refractivity (Wildman–Crippen MR) is 102 cm³/mol. The van der Waals surface area contributed by atoms with E-state index in [0.717, 1.165) is 23.2 Å². The van der Waals surface area contributed by atoms with Crippen LogP contribution < -0.4 is 5.32 Å². The lowest BCUT2D eigenvalue weighted by molar-refractivity contribution is -0.137. The van der Waals surface area contributed by atoms with Crippen LogP contribution in [0, 0.1) is 12.7 Å². The first-order valence-corrected chi connectivity index (χ1v) is 8.63. The quantitative estimate of drug-likeness (QED) is 0.437. The molecule has 2 heterocycles. The van der Waals surface area contributed by atoms with Crippen molar-refractivity contribution in [2.45, 2.75) is 13.1 Å². The summed E-state index contributed by atoms with van der Waals surface area (Å²) < 4.78 is 52.7. The Hall–Kier alpha value is -3.55. The minimum atomic E-state index is -4.40. The molecule has 0 radical (unpaired) electrons. The normalized spacial score (nSPS) is 11.6. The first-order valence-electron chi connectivity index (χ1n) is 8.63. The number of hydrogen-bond acceptors (Lipinski definition) is 4. The van der Waals surface area contributed by atoms with E-state index in [1.54, 1.807) is 31.3 Å². The van der Waals surface area contributed by atoms with E-state index in [0.29, 0.717) is 16.5 Å². The van der Waals surface area contributed by atoms with Crippen molar-refractivity contribution in [2.75, 3.05) is 5.32 Å². The van der Waals surface area contributed by atoms with Gasteiger partial charge < -0.3 is 5.32 Å². The van der Waals surface area contributed by atoms with Gasteiger partial charge in [-0.05, 0) is 48.9 Å². The van der Waals surface area contributed by atoms with E-state index in [4.69, 9.17) is 0 Å². The SMILES string of the molecule is Cc1cc2c(Nc3cc(-c4ccc(C(F)(F)F)cc4)cnn3)c(F)ccc2cn1. The molecule has 0 unspecified atom stereocenters. The standard InChI is InChI=1S/C21H14F4N4/c1-12-8-17-14(10-26-12)4-7-18(22)20(17)28-19-9-15(11-27-29-19)13-2-5-16(6-3-13)21(23,24)25/h2-11H,1H3,(H,28,29). The Morgan fingerprint density at radius 3 is 2.38 bits per heavy atom. The van der Waals surface area contributed by atoms with Gasteiger partial charge in [-0.1, -0.05) is 12.1 Å². The molecule has 2 aromatic heterocycles. The molecule has 1 N–H and O–H groups in total. The van der Waals surface area contributed by atoms with E-state index in [-0.39, 0.29) is 11.5 Å². The number of nitrogens with zero attached hydrogens (tertiary/aromatic N) is 3. The molecule has 0 fully saturated rings. The Labute approximate surface area is 163 Å². The van der Waals surface area contributed by atoms with Gasteiger partial charge in [0.05, 0.1) is 17.4 Å². The van der Waals surface area contributed by atoms with Crippen LogP contribution in [-0.4, -0.2) is 15.2 Å². The lowest BCUT2D eigenvalue weighted by atomic mass is 10.1. The lowest BCUT2D eigenvalue weighted by Crippen LogP contribution is -2.04. The molecular weight excluding hydrogens is 384 g/mol. The zero-order valence-electron chi connectivity index (χ0n) is 15.1. The first-order chi connectivity index (χ1) is 13.8. The van der Waals surface area contributed by atoms with E-state index in [1.807, 2.05) is 0 Å². The van der Waals surface area contributed by atoms with Crippen LogP contribution in [0.4, 0.5) is 29.1 Å². The molecule has 2 aromatic carbocycles. The van der Waals surface area contributed by atoms with Gasteiger partial charge in [0.2, 0.25) is 0 Å². The molecule has 0 aliphatic heterocycles. The highest BCUT2D eigenvalue weighted by atomic mass is 19.4. The van der Waals surface area contributed by atoms with Crippen molar-refractivity contribution in [3.8, 4) is 11.1 Å². The molecule has 0 aliphatic rings. The Kier molecular flexibility index (Phi) is 4.62. The van der Waals surface area contributed by atoms with Crippen molar-refractivity contribution in [2.24, 2.45) is 0 Å². The average Bonchev–Trinajstić information content (AvgIpc) is 2.70. The summed E-state index contributed by atoms with van der Waals surface area (Å²) in [4.78, 5) is 4.20. The number of aryl methyl sites for hydroxylation is 1. The molecule has 4 nitrogen and oxygen atoms in total. The summed E-state index contributed by atoms with van der Waals surface area (Å²) in [5.74, 6) is -0.201. The van der Waals surface area contributed by atoms with E-state index in [1.165, 1.54) is 24.4 Å². The number of anilines is 2. The van der Waals surface area contributed by atoms with Crippen molar-refractivity contribution < 1.29 is 17.6 Å². The van der Waals surface area contributed by atoms with Gasteiger partial charge in [0, 0.05) is 28.2 Å². The van der Waals surface area contributed by atoms with Gasteiger partial charge in [0.1, 0.15) is 5.82 Å². The predicted octanol–water partition coefficient (Wildman–Crippen LogP) is 5.90. The molecule has 146 valence electrons. The molecule has 4 rings (SSSR count). The summed E-state index contributed by atoms with van der Waals surface area (Å²) >= 11 is 0. The fourth-order valence-electron chi connectivity index (χ4n) is 2.99. The van der Waals surface area contributed by atoms with Crippen LogP contribution in [0.3, 0.4) is 0 Å². The Balaban J connectivity index is 1.69. The summed E-state index contributed by atoms with van der Waals surface area (Å²) in [5.41, 5.74) is 1.31. The third-order valence-corrected chi connectivity index (χ3v) is 4.44. The van der Waals surface area contributed by atoms with Crippen LogP contribution in [-0.2, 0) is 6.18 Å². The second-order valence-corrected chi connectivity index (χ2v) is 6.50. The maximum absolute atomic E-state index is 14.5. The summed E-state index contributed by atoms with van der Waals surface area (Å²) in [5, 5.41) is 12.2. The molecule has 0 saturated heterocycles. The topological polar surface area (TPSA) is 50.7 Å². The second-order valence-electron chi connectivity index (χ2n) is 6.50.